The summed E-state index contributed by atoms with van der Waals surface area (Å²) in [4.78, 5) is 41.5. The largest absolute Gasteiger partial charge is 0.383 e. The molecule has 0 bridgehead atoms. The van der Waals surface area contributed by atoms with Crippen molar-refractivity contribution in [3.63, 3.8) is 0 Å². The van der Waals surface area contributed by atoms with Gasteiger partial charge in [-0.25, -0.2) is 4.79 Å². The number of hydrogen-bond donors (Lipinski definition) is 2. The fourth-order valence-electron chi connectivity index (χ4n) is 3.28. The van der Waals surface area contributed by atoms with E-state index in [1.165, 1.54) is 9.47 Å². The normalized spacial score (nSPS) is 10.9. The molecule has 8 heteroatoms. The predicted octanol–water partition coefficient (Wildman–Crippen LogP) is 3.73. The van der Waals surface area contributed by atoms with Gasteiger partial charge in [0.05, 0.1) is 0 Å². The molecule has 0 fully saturated rings. The van der Waals surface area contributed by atoms with Crippen molar-refractivity contribution in [3.8, 4) is 0 Å². The molecule has 0 radical (unpaired) electrons. The third kappa shape index (κ3) is 6.23. The van der Waals surface area contributed by atoms with Crippen molar-refractivity contribution in [1.82, 2.24) is 9.55 Å². The fourth-order valence-corrected chi connectivity index (χ4v) is 3.41. The number of nitrogens with one attached hydrogen (secondary N) is 1. The van der Waals surface area contributed by atoms with Gasteiger partial charge in [0, 0.05) is 24.5 Å². The van der Waals surface area contributed by atoms with Gasteiger partial charge in [-0.1, -0.05) is 50.4 Å². The first-order valence-electron chi connectivity index (χ1n) is 10.6. The third-order valence-electron chi connectivity index (χ3n) is 5.02. The molecule has 164 valence electrons. The maximum atomic E-state index is 13.0. The molecule has 0 aliphatic carbocycles. The molecule has 3 N–H and O–H groups in total. The molecule has 7 nitrogen and oxygen atoms in total. The number of anilines is 2. The van der Waals surface area contributed by atoms with E-state index in [9.17, 15) is 14.4 Å². The van der Waals surface area contributed by atoms with Crippen molar-refractivity contribution in [1.29, 1.82) is 0 Å². The smallest absolute Gasteiger partial charge is 0.330 e. The highest BCUT2D eigenvalue weighted by atomic mass is 35.5. The molecule has 0 saturated carbocycles. The number of unbranched alkanes of at least 4 members (excludes halogenated alkanes) is 2. The van der Waals surface area contributed by atoms with E-state index in [0.29, 0.717) is 24.5 Å². The minimum absolute atomic E-state index is 0.0550. The van der Waals surface area contributed by atoms with Crippen LogP contribution in [0.5, 0.6) is 0 Å². The van der Waals surface area contributed by atoms with E-state index in [1.54, 1.807) is 0 Å². The lowest BCUT2D eigenvalue weighted by molar-refractivity contribution is -0.118. The molecular weight excluding hydrogens is 404 g/mol. The topological polar surface area (TPSA) is 101 Å². The number of hydrogen-bond acceptors (Lipinski definition) is 4. The zero-order valence-electron chi connectivity index (χ0n) is 17.7. The number of H-pyrrole nitrogens is 1. The molecule has 0 spiro atoms. The molecule has 0 aliphatic heterocycles. The molecule has 2 rings (SSSR count). The van der Waals surface area contributed by atoms with Crippen molar-refractivity contribution in [2.75, 3.05) is 17.2 Å². The second-order valence-corrected chi connectivity index (χ2v) is 7.81. The highest BCUT2D eigenvalue weighted by molar-refractivity contribution is 6.30. The maximum absolute atomic E-state index is 13.0. The molecule has 0 aliphatic rings. The summed E-state index contributed by atoms with van der Waals surface area (Å²) in [5.41, 5.74) is 6.22. The van der Waals surface area contributed by atoms with E-state index in [1.807, 2.05) is 38.1 Å². The Kier molecular flexibility index (Phi) is 9.17. The summed E-state index contributed by atoms with van der Waals surface area (Å²) in [6, 6.07) is 7.53. The van der Waals surface area contributed by atoms with E-state index in [2.05, 4.69) is 4.98 Å². The Labute approximate surface area is 181 Å². The van der Waals surface area contributed by atoms with Crippen LogP contribution in [0.15, 0.2) is 33.9 Å². The molecule has 0 unspecified atom stereocenters. The predicted molar refractivity (Wildman–Crippen MR) is 122 cm³/mol. The Morgan fingerprint density at radius 2 is 1.77 bits per heavy atom. The second kappa shape index (κ2) is 11.6. The molecule has 2 aromatic rings. The number of carbonyl (C=O) groups excluding carboxylic acids is 1. The number of nitrogen functional groups attached to an aromatic ring is 1. The first kappa shape index (κ1) is 23.7. The Balaban J connectivity index is 2.23. The van der Waals surface area contributed by atoms with E-state index in [-0.39, 0.29) is 23.8 Å². The van der Waals surface area contributed by atoms with Gasteiger partial charge in [-0.3, -0.25) is 19.1 Å². The molecule has 1 aromatic carbocycles. The van der Waals surface area contributed by atoms with Crippen LogP contribution in [-0.4, -0.2) is 22.0 Å². The van der Waals surface area contributed by atoms with Crippen LogP contribution < -0.4 is 21.9 Å². The molecule has 1 amide bonds. The molecular formula is C22H31ClN4O3. The summed E-state index contributed by atoms with van der Waals surface area (Å²) < 4.78 is 1.35. The van der Waals surface area contributed by atoms with Gasteiger partial charge in [0.2, 0.25) is 5.91 Å². The van der Waals surface area contributed by atoms with Gasteiger partial charge in [-0.15, -0.1) is 0 Å². The summed E-state index contributed by atoms with van der Waals surface area (Å²) in [6.07, 6.45) is 4.86. The van der Waals surface area contributed by atoms with Crippen molar-refractivity contribution in [2.45, 2.75) is 65.3 Å². The number of amides is 1. The van der Waals surface area contributed by atoms with Gasteiger partial charge in [-0.05, 0) is 43.4 Å². The lowest BCUT2D eigenvalue weighted by Crippen LogP contribution is -2.41. The summed E-state index contributed by atoms with van der Waals surface area (Å²) >= 11 is 5.91. The van der Waals surface area contributed by atoms with E-state index in [0.717, 1.165) is 37.7 Å². The standard InChI is InChI=1S/C22H31ClN4O3/c1-3-5-14-26(18(28)9-7-8-16-10-12-17(23)13-11-16)19-20(24)27(15-6-4-2)22(30)25-21(19)29/h10-13H,3-9,14-15,24H2,1-2H3,(H,25,29,30). The summed E-state index contributed by atoms with van der Waals surface area (Å²) in [7, 11) is 0. The van der Waals surface area contributed by atoms with Gasteiger partial charge < -0.3 is 10.6 Å². The number of aromatic nitrogens is 2. The molecule has 1 heterocycles. The SMILES string of the molecule is CCCCN(C(=O)CCCc1ccc(Cl)cc1)c1c(N)n(CCCC)c(=O)[nH]c1=O. The van der Waals surface area contributed by atoms with Gasteiger partial charge >= 0.3 is 5.69 Å². The zero-order valence-corrected chi connectivity index (χ0v) is 18.5. The monoisotopic (exact) mass is 434 g/mol. The van der Waals surface area contributed by atoms with Crippen molar-refractivity contribution in [2.24, 2.45) is 0 Å². The first-order valence-corrected chi connectivity index (χ1v) is 10.9. The number of nitrogens with zero attached hydrogens (tertiary/aromatic N) is 2. The van der Waals surface area contributed by atoms with Crippen LogP contribution in [0, 0.1) is 0 Å². The number of rotatable bonds is 11. The van der Waals surface area contributed by atoms with Crippen LogP contribution in [0.4, 0.5) is 11.5 Å². The lowest BCUT2D eigenvalue weighted by Gasteiger charge is -2.24. The van der Waals surface area contributed by atoms with E-state index in [4.69, 9.17) is 17.3 Å². The number of benzene rings is 1. The first-order chi connectivity index (χ1) is 14.4. The Morgan fingerprint density at radius 3 is 2.40 bits per heavy atom. The van der Waals surface area contributed by atoms with E-state index < -0.39 is 11.2 Å². The number of halogens is 1. The van der Waals surface area contributed by atoms with Crippen LogP contribution in [0.2, 0.25) is 5.02 Å². The molecule has 30 heavy (non-hydrogen) atoms. The van der Waals surface area contributed by atoms with Crippen LogP contribution in [0.3, 0.4) is 0 Å². The minimum Gasteiger partial charge on any atom is -0.383 e. The maximum Gasteiger partial charge on any atom is 0.330 e. The van der Waals surface area contributed by atoms with Crippen molar-refractivity contribution in [3.05, 3.63) is 55.7 Å². The van der Waals surface area contributed by atoms with E-state index >= 15 is 0 Å². The van der Waals surface area contributed by atoms with Gasteiger partial charge in [0.1, 0.15) is 5.82 Å². The summed E-state index contributed by atoms with van der Waals surface area (Å²) in [5.74, 6) is -0.116. The molecule has 0 atom stereocenters. The number of aromatic amines is 1. The Morgan fingerprint density at radius 1 is 1.10 bits per heavy atom. The second-order valence-electron chi connectivity index (χ2n) is 7.38. The van der Waals surface area contributed by atoms with Crippen LogP contribution in [0.1, 0.15) is 57.9 Å². The summed E-state index contributed by atoms with van der Waals surface area (Å²) in [5, 5.41) is 0.675. The Bertz CT molecular complexity index is 950. The van der Waals surface area contributed by atoms with Crippen molar-refractivity contribution < 1.29 is 4.79 Å². The van der Waals surface area contributed by atoms with Gasteiger partial charge in [-0.2, -0.15) is 0 Å². The van der Waals surface area contributed by atoms with Crippen LogP contribution in [0.25, 0.3) is 0 Å². The number of aryl methyl sites for hydroxylation is 1. The summed E-state index contributed by atoms with van der Waals surface area (Å²) in [6.45, 7) is 4.80. The molecule has 1 aromatic heterocycles. The Hall–Kier alpha value is -2.54. The van der Waals surface area contributed by atoms with Gasteiger partial charge in [0.25, 0.3) is 5.56 Å². The third-order valence-corrected chi connectivity index (χ3v) is 5.28. The highest BCUT2D eigenvalue weighted by Crippen LogP contribution is 2.20. The number of nitrogens with two attached hydrogens (primary N) is 1. The molecule has 0 saturated heterocycles. The number of carbonyl (C=O) groups is 1. The van der Waals surface area contributed by atoms with Crippen LogP contribution >= 0.6 is 11.6 Å². The van der Waals surface area contributed by atoms with Gasteiger partial charge in [0.15, 0.2) is 5.69 Å². The van der Waals surface area contributed by atoms with Crippen molar-refractivity contribution >= 4 is 29.0 Å². The van der Waals surface area contributed by atoms with Crippen LogP contribution in [-0.2, 0) is 17.8 Å². The zero-order chi connectivity index (χ0) is 22.1. The quantitative estimate of drug-likeness (QED) is 0.562. The average Bonchev–Trinajstić information content (AvgIpc) is 2.71. The highest BCUT2D eigenvalue weighted by Gasteiger charge is 2.23. The lowest BCUT2D eigenvalue weighted by atomic mass is 10.1. The average molecular weight is 435 g/mol. The minimum atomic E-state index is -0.618. The fraction of sp³-hybridized carbons (Fsp3) is 0.500.